The van der Waals surface area contributed by atoms with Crippen LogP contribution < -0.4 is 10.1 Å². The number of nitrogens with zero attached hydrogens (tertiary/aromatic N) is 2. The molecule has 0 amide bonds. The summed E-state index contributed by atoms with van der Waals surface area (Å²) in [7, 11) is 1.87. The minimum atomic E-state index is 0.633. The summed E-state index contributed by atoms with van der Waals surface area (Å²) in [6.07, 6.45) is 2.02. The van der Waals surface area contributed by atoms with Crippen LogP contribution in [0.15, 0.2) is 30.5 Å². The van der Waals surface area contributed by atoms with Crippen molar-refractivity contribution in [1.82, 2.24) is 9.55 Å². The first kappa shape index (κ1) is 12.5. The number of anilines is 1. The maximum Gasteiger partial charge on any atom is 0.202 e. The lowest BCUT2D eigenvalue weighted by Crippen LogP contribution is -2.10. The van der Waals surface area contributed by atoms with Gasteiger partial charge in [0.2, 0.25) is 5.95 Å². The molecule has 2 aromatic rings. The fourth-order valence-electron chi connectivity index (χ4n) is 1.88. The molecule has 1 aromatic heterocycles. The topological polar surface area (TPSA) is 39.1 Å². The molecule has 1 heterocycles. The van der Waals surface area contributed by atoms with E-state index in [4.69, 9.17) is 4.74 Å². The Labute approximate surface area is 108 Å². The van der Waals surface area contributed by atoms with E-state index in [9.17, 15) is 0 Å². The van der Waals surface area contributed by atoms with Crippen molar-refractivity contribution in [3.8, 4) is 5.75 Å². The van der Waals surface area contributed by atoms with E-state index in [1.165, 1.54) is 5.56 Å². The van der Waals surface area contributed by atoms with Crippen molar-refractivity contribution in [3.05, 3.63) is 41.7 Å². The Hall–Kier alpha value is -1.97. The number of hydrogen-bond acceptors (Lipinski definition) is 3. The lowest BCUT2D eigenvalue weighted by atomic mass is 10.2. The molecular weight excluding hydrogens is 226 g/mol. The molecule has 0 fully saturated rings. The standard InChI is InChI=1S/C14H19N3O/c1-11-5-4-6-13(9-11)18-8-7-17-10-12(2)16-14(17)15-3/h4-6,9-10H,7-8H2,1-3H3,(H,15,16). The van der Waals surface area contributed by atoms with E-state index in [1.807, 2.05) is 38.4 Å². The highest BCUT2D eigenvalue weighted by molar-refractivity contribution is 5.28. The third-order valence-corrected chi connectivity index (χ3v) is 2.71. The summed E-state index contributed by atoms with van der Waals surface area (Å²) in [5.41, 5.74) is 2.22. The van der Waals surface area contributed by atoms with Gasteiger partial charge in [-0.3, -0.25) is 0 Å². The van der Waals surface area contributed by atoms with E-state index in [1.54, 1.807) is 0 Å². The van der Waals surface area contributed by atoms with E-state index in [2.05, 4.69) is 27.9 Å². The fraction of sp³-hybridized carbons (Fsp3) is 0.357. The molecule has 0 atom stereocenters. The molecule has 1 N–H and O–H groups in total. The Kier molecular flexibility index (Phi) is 3.87. The zero-order valence-electron chi connectivity index (χ0n) is 11.1. The van der Waals surface area contributed by atoms with Crippen molar-refractivity contribution in [2.75, 3.05) is 19.0 Å². The van der Waals surface area contributed by atoms with Crippen molar-refractivity contribution in [3.63, 3.8) is 0 Å². The molecule has 0 radical (unpaired) electrons. The van der Waals surface area contributed by atoms with Gasteiger partial charge in [-0.1, -0.05) is 12.1 Å². The molecule has 0 saturated carbocycles. The number of nitrogens with one attached hydrogen (secondary N) is 1. The van der Waals surface area contributed by atoms with Gasteiger partial charge in [0.1, 0.15) is 12.4 Å². The van der Waals surface area contributed by atoms with Gasteiger partial charge in [0, 0.05) is 13.2 Å². The highest BCUT2D eigenvalue weighted by Gasteiger charge is 2.03. The van der Waals surface area contributed by atoms with Crippen LogP contribution in [0.5, 0.6) is 5.75 Å². The van der Waals surface area contributed by atoms with Crippen molar-refractivity contribution < 1.29 is 4.74 Å². The number of benzene rings is 1. The first-order chi connectivity index (χ1) is 8.69. The summed E-state index contributed by atoms with van der Waals surface area (Å²) in [5.74, 6) is 1.79. The highest BCUT2D eigenvalue weighted by atomic mass is 16.5. The molecule has 18 heavy (non-hydrogen) atoms. The monoisotopic (exact) mass is 245 g/mol. The van der Waals surface area contributed by atoms with Crippen LogP contribution in [0.3, 0.4) is 0 Å². The molecule has 0 aliphatic rings. The van der Waals surface area contributed by atoms with Crippen molar-refractivity contribution in [2.45, 2.75) is 20.4 Å². The first-order valence-corrected chi connectivity index (χ1v) is 6.10. The van der Waals surface area contributed by atoms with Gasteiger partial charge >= 0.3 is 0 Å². The summed E-state index contributed by atoms with van der Waals surface area (Å²) >= 11 is 0. The molecule has 4 heteroatoms. The van der Waals surface area contributed by atoms with E-state index in [-0.39, 0.29) is 0 Å². The summed E-state index contributed by atoms with van der Waals surface area (Å²) < 4.78 is 7.78. The summed E-state index contributed by atoms with van der Waals surface area (Å²) in [6, 6.07) is 8.08. The number of ether oxygens (including phenoxy) is 1. The van der Waals surface area contributed by atoms with Crippen LogP contribution in [0.1, 0.15) is 11.3 Å². The summed E-state index contributed by atoms with van der Waals surface area (Å²) in [5, 5.41) is 3.07. The predicted octanol–water partition coefficient (Wildman–Crippen LogP) is 2.62. The van der Waals surface area contributed by atoms with Crippen LogP contribution >= 0.6 is 0 Å². The number of rotatable bonds is 5. The van der Waals surface area contributed by atoms with Crippen molar-refractivity contribution in [2.24, 2.45) is 0 Å². The minimum absolute atomic E-state index is 0.633. The van der Waals surface area contributed by atoms with Crippen LogP contribution in [-0.2, 0) is 6.54 Å². The van der Waals surface area contributed by atoms with Gasteiger partial charge in [-0.25, -0.2) is 4.98 Å². The second-order valence-electron chi connectivity index (χ2n) is 4.31. The zero-order valence-corrected chi connectivity index (χ0v) is 11.1. The number of aromatic nitrogens is 2. The first-order valence-electron chi connectivity index (χ1n) is 6.10. The molecule has 0 aliphatic heterocycles. The Morgan fingerprint density at radius 3 is 2.89 bits per heavy atom. The van der Waals surface area contributed by atoms with Gasteiger partial charge in [0.05, 0.1) is 12.2 Å². The molecule has 0 bridgehead atoms. The Balaban J connectivity index is 1.92. The predicted molar refractivity (Wildman–Crippen MR) is 73.2 cm³/mol. The molecule has 4 nitrogen and oxygen atoms in total. The fourth-order valence-corrected chi connectivity index (χ4v) is 1.88. The van der Waals surface area contributed by atoms with Crippen LogP contribution in [-0.4, -0.2) is 23.2 Å². The highest BCUT2D eigenvalue weighted by Crippen LogP contribution is 2.13. The van der Waals surface area contributed by atoms with Gasteiger partial charge in [0.15, 0.2) is 0 Å². The Morgan fingerprint density at radius 1 is 1.33 bits per heavy atom. The molecule has 2 rings (SSSR count). The van der Waals surface area contributed by atoms with Gasteiger partial charge in [-0.2, -0.15) is 0 Å². The maximum atomic E-state index is 5.72. The molecule has 0 unspecified atom stereocenters. The molecule has 0 spiro atoms. The average Bonchev–Trinajstić information content (AvgIpc) is 2.70. The van der Waals surface area contributed by atoms with Gasteiger partial charge in [-0.05, 0) is 31.5 Å². The zero-order chi connectivity index (χ0) is 13.0. The lowest BCUT2D eigenvalue weighted by Gasteiger charge is -2.09. The normalized spacial score (nSPS) is 10.4. The SMILES string of the molecule is CNc1nc(C)cn1CCOc1cccc(C)c1. The largest absolute Gasteiger partial charge is 0.492 e. The number of aryl methyl sites for hydroxylation is 2. The summed E-state index contributed by atoms with van der Waals surface area (Å²) in [6.45, 7) is 5.46. The summed E-state index contributed by atoms with van der Waals surface area (Å²) in [4.78, 5) is 4.37. The van der Waals surface area contributed by atoms with Gasteiger partial charge in [0.25, 0.3) is 0 Å². The van der Waals surface area contributed by atoms with Crippen LogP contribution in [0, 0.1) is 13.8 Å². The number of imidazole rings is 1. The van der Waals surface area contributed by atoms with E-state index in [0.29, 0.717) is 6.61 Å². The average molecular weight is 245 g/mol. The van der Waals surface area contributed by atoms with Crippen LogP contribution in [0.25, 0.3) is 0 Å². The van der Waals surface area contributed by atoms with Crippen LogP contribution in [0.2, 0.25) is 0 Å². The second kappa shape index (κ2) is 5.58. The lowest BCUT2D eigenvalue weighted by molar-refractivity contribution is 0.299. The van der Waals surface area contributed by atoms with E-state index in [0.717, 1.165) is 23.9 Å². The third kappa shape index (κ3) is 3.03. The minimum Gasteiger partial charge on any atom is -0.492 e. The smallest absolute Gasteiger partial charge is 0.202 e. The van der Waals surface area contributed by atoms with E-state index >= 15 is 0 Å². The van der Waals surface area contributed by atoms with Gasteiger partial charge < -0.3 is 14.6 Å². The van der Waals surface area contributed by atoms with E-state index < -0.39 is 0 Å². The number of hydrogen-bond donors (Lipinski definition) is 1. The third-order valence-electron chi connectivity index (χ3n) is 2.71. The molecular formula is C14H19N3O. The molecule has 0 saturated heterocycles. The quantitative estimate of drug-likeness (QED) is 0.880. The molecule has 0 aliphatic carbocycles. The van der Waals surface area contributed by atoms with Gasteiger partial charge in [-0.15, -0.1) is 0 Å². The van der Waals surface area contributed by atoms with Crippen LogP contribution in [0.4, 0.5) is 5.95 Å². The molecule has 96 valence electrons. The van der Waals surface area contributed by atoms with Crippen molar-refractivity contribution >= 4 is 5.95 Å². The van der Waals surface area contributed by atoms with Crippen molar-refractivity contribution in [1.29, 1.82) is 0 Å². The second-order valence-corrected chi connectivity index (χ2v) is 4.31. The Morgan fingerprint density at radius 2 is 2.17 bits per heavy atom. The maximum absolute atomic E-state index is 5.72. The Bertz CT molecular complexity index is 520. The molecule has 1 aromatic carbocycles.